The number of hydrogen-bond donors (Lipinski definition) is 0. The number of para-hydroxylation sites is 2. The predicted octanol–water partition coefficient (Wildman–Crippen LogP) is 14.8. The minimum absolute atomic E-state index is 0.652. The molecular weight excluding hydrogens is 707 g/mol. The van der Waals surface area contributed by atoms with Gasteiger partial charge in [-0.05, 0) is 99.8 Å². The van der Waals surface area contributed by atoms with E-state index in [9.17, 15) is 0 Å². The van der Waals surface area contributed by atoms with Gasteiger partial charge in [0.05, 0.1) is 11.2 Å². The zero-order valence-electron chi connectivity index (χ0n) is 31.5. The molecular formula is C54H35N3O. The summed E-state index contributed by atoms with van der Waals surface area (Å²) in [5.74, 6) is 0.652. The number of aromatic nitrogens is 2. The van der Waals surface area contributed by atoms with E-state index < -0.39 is 0 Å². The molecule has 4 heteroatoms. The molecule has 0 atom stereocenters. The van der Waals surface area contributed by atoms with Crippen molar-refractivity contribution in [2.75, 3.05) is 4.90 Å². The fourth-order valence-electron chi connectivity index (χ4n) is 8.23. The van der Waals surface area contributed by atoms with Gasteiger partial charge in [0.2, 0.25) is 0 Å². The van der Waals surface area contributed by atoms with Crippen LogP contribution in [0.2, 0.25) is 0 Å². The van der Waals surface area contributed by atoms with Crippen molar-refractivity contribution in [3.8, 4) is 44.9 Å². The van der Waals surface area contributed by atoms with Crippen molar-refractivity contribution in [3.05, 3.63) is 212 Å². The second kappa shape index (κ2) is 14.0. The summed E-state index contributed by atoms with van der Waals surface area (Å²) in [5.41, 5.74) is 13.0. The number of furan rings is 1. The van der Waals surface area contributed by atoms with Crippen LogP contribution < -0.4 is 4.90 Å². The SMILES string of the molecule is c1ccc(-c2ccc(N(c3ccccc3)c3cccc(-c4nc(-c5cc(-c6ccccc6)cc6oc7cc8ccccc8cc7c56)c5ccccc5n4)c3)cc2)cc1. The summed E-state index contributed by atoms with van der Waals surface area (Å²) in [6, 6.07) is 74.4. The molecule has 11 aromatic rings. The third-order valence-electron chi connectivity index (χ3n) is 11.0. The highest BCUT2D eigenvalue weighted by Crippen LogP contribution is 2.43. The van der Waals surface area contributed by atoms with Crippen molar-refractivity contribution >= 4 is 60.7 Å². The smallest absolute Gasteiger partial charge is 0.160 e. The first-order valence-corrected chi connectivity index (χ1v) is 19.6. The van der Waals surface area contributed by atoms with E-state index in [1.54, 1.807) is 0 Å². The monoisotopic (exact) mass is 741 g/mol. The molecule has 0 saturated carbocycles. The van der Waals surface area contributed by atoms with Crippen molar-refractivity contribution < 1.29 is 4.42 Å². The van der Waals surface area contributed by atoms with Gasteiger partial charge in [0.15, 0.2) is 5.82 Å². The number of hydrogen-bond acceptors (Lipinski definition) is 4. The maximum atomic E-state index is 6.72. The Morgan fingerprint density at radius 2 is 0.948 bits per heavy atom. The van der Waals surface area contributed by atoms with E-state index in [-0.39, 0.29) is 0 Å². The largest absolute Gasteiger partial charge is 0.456 e. The molecule has 0 spiro atoms. The zero-order chi connectivity index (χ0) is 38.4. The molecule has 58 heavy (non-hydrogen) atoms. The van der Waals surface area contributed by atoms with Gasteiger partial charge in [0, 0.05) is 44.3 Å². The molecule has 0 amide bonds. The number of fused-ring (bicyclic) bond motifs is 5. The highest BCUT2D eigenvalue weighted by molar-refractivity contribution is 6.18. The Kier molecular flexibility index (Phi) is 8.11. The van der Waals surface area contributed by atoms with Crippen LogP contribution in [-0.4, -0.2) is 9.97 Å². The standard InChI is InChI=1S/C54H35N3O/c1-4-15-36(16-5-1)38-27-29-44(30-28-38)57(43-22-8-3-9-23-43)45-24-14-21-41(31-45)54-55-49-26-13-12-25-46(49)53(56-54)48-33-42(37-17-6-2-7-18-37)35-51-52(48)47-32-39-19-10-11-20-40(39)34-50(47)58-51/h1-35H. The molecule has 0 fully saturated rings. The first-order valence-electron chi connectivity index (χ1n) is 19.6. The van der Waals surface area contributed by atoms with Crippen molar-refractivity contribution in [3.63, 3.8) is 0 Å². The van der Waals surface area contributed by atoms with Gasteiger partial charge in [-0.3, -0.25) is 0 Å². The first kappa shape index (κ1) is 33.5. The minimum Gasteiger partial charge on any atom is -0.456 e. The normalized spacial score (nSPS) is 11.4. The molecule has 0 saturated heterocycles. The maximum Gasteiger partial charge on any atom is 0.160 e. The fourth-order valence-corrected chi connectivity index (χ4v) is 8.23. The molecule has 9 aromatic carbocycles. The van der Waals surface area contributed by atoms with Gasteiger partial charge in [0.25, 0.3) is 0 Å². The molecule has 2 aromatic heterocycles. The van der Waals surface area contributed by atoms with Crippen LogP contribution in [0.25, 0.3) is 88.5 Å². The lowest BCUT2D eigenvalue weighted by molar-refractivity contribution is 0.669. The van der Waals surface area contributed by atoms with Gasteiger partial charge in [-0.25, -0.2) is 9.97 Å². The molecule has 0 bridgehead atoms. The summed E-state index contributed by atoms with van der Waals surface area (Å²) in [5, 5.41) is 5.39. The van der Waals surface area contributed by atoms with Gasteiger partial charge < -0.3 is 9.32 Å². The van der Waals surface area contributed by atoms with E-state index >= 15 is 0 Å². The number of benzene rings is 9. The van der Waals surface area contributed by atoms with Gasteiger partial charge in [-0.15, -0.1) is 0 Å². The van der Waals surface area contributed by atoms with E-state index in [2.05, 4.69) is 199 Å². The van der Waals surface area contributed by atoms with Gasteiger partial charge in [-0.2, -0.15) is 0 Å². The van der Waals surface area contributed by atoms with Crippen LogP contribution in [0.1, 0.15) is 0 Å². The van der Waals surface area contributed by atoms with Crippen molar-refractivity contribution in [1.29, 1.82) is 0 Å². The Morgan fingerprint density at radius 3 is 1.71 bits per heavy atom. The molecule has 0 unspecified atom stereocenters. The Hall–Kier alpha value is -7.82. The summed E-state index contributed by atoms with van der Waals surface area (Å²) in [7, 11) is 0. The third-order valence-corrected chi connectivity index (χ3v) is 11.0. The maximum absolute atomic E-state index is 6.72. The van der Waals surface area contributed by atoms with E-state index in [0.717, 1.165) is 83.2 Å². The molecule has 0 aliphatic heterocycles. The Morgan fingerprint density at radius 1 is 0.362 bits per heavy atom. The molecule has 0 aliphatic rings. The number of rotatable bonds is 7. The summed E-state index contributed by atoms with van der Waals surface area (Å²) in [6.45, 7) is 0. The average molecular weight is 742 g/mol. The topological polar surface area (TPSA) is 42.2 Å². The van der Waals surface area contributed by atoms with Crippen LogP contribution in [0, 0.1) is 0 Å². The van der Waals surface area contributed by atoms with E-state index in [1.165, 1.54) is 16.5 Å². The van der Waals surface area contributed by atoms with Gasteiger partial charge in [0.1, 0.15) is 11.2 Å². The summed E-state index contributed by atoms with van der Waals surface area (Å²) < 4.78 is 6.72. The molecule has 0 radical (unpaired) electrons. The highest BCUT2D eigenvalue weighted by Gasteiger charge is 2.21. The molecule has 0 N–H and O–H groups in total. The Bertz CT molecular complexity index is 3270. The summed E-state index contributed by atoms with van der Waals surface area (Å²) in [6.07, 6.45) is 0. The quantitative estimate of drug-likeness (QED) is 0.163. The van der Waals surface area contributed by atoms with Crippen LogP contribution in [0.4, 0.5) is 17.1 Å². The van der Waals surface area contributed by atoms with Crippen molar-refractivity contribution in [2.45, 2.75) is 0 Å². The Labute approximate surface area is 335 Å². The first-order chi connectivity index (χ1) is 28.7. The zero-order valence-corrected chi connectivity index (χ0v) is 31.5. The molecule has 2 heterocycles. The predicted molar refractivity (Wildman–Crippen MR) is 241 cm³/mol. The molecule has 272 valence electrons. The lowest BCUT2D eigenvalue weighted by Gasteiger charge is -2.26. The summed E-state index contributed by atoms with van der Waals surface area (Å²) in [4.78, 5) is 13.0. The average Bonchev–Trinajstić information content (AvgIpc) is 3.66. The molecule has 4 nitrogen and oxygen atoms in total. The van der Waals surface area contributed by atoms with Crippen LogP contribution in [0.5, 0.6) is 0 Å². The lowest BCUT2D eigenvalue weighted by atomic mass is 9.94. The number of nitrogens with zero attached hydrogens (tertiary/aromatic N) is 3. The summed E-state index contributed by atoms with van der Waals surface area (Å²) >= 11 is 0. The van der Waals surface area contributed by atoms with Crippen molar-refractivity contribution in [1.82, 2.24) is 9.97 Å². The van der Waals surface area contributed by atoms with Crippen molar-refractivity contribution in [2.24, 2.45) is 0 Å². The highest BCUT2D eigenvalue weighted by atomic mass is 16.3. The van der Waals surface area contributed by atoms with Crippen LogP contribution in [-0.2, 0) is 0 Å². The molecule has 11 rings (SSSR count). The van der Waals surface area contributed by atoms with Gasteiger partial charge in [-0.1, -0.05) is 146 Å². The van der Waals surface area contributed by atoms with E-state index in [4.69, 9.17) is 14.4 Å². The lowest BCUT2D eigenvalue weighted by Crippen LogP contribution is -2.10. The fraction of sp³-hybridized carbons (Fsp3) is 0. The second-order valence-electron chi connectivity index (χ2n) is 14.6. The Balaban J connectivity index is 1.11. The van der Waals surface area contributed by atoms with Crippen LogP contribution in [0.15, 0.2) is 217 Å². The van der Waals surface area contributed by atoms with Crippen LogP contribution >= 0.6 is 0 Å². The van der Waals surface area contributed by atoms with Gasteiger partial charge >= 0.3 is 0 Å². The third kappa shape index (κ3) is 5.96. The second-order valence-corrected chi connectivity index (χ2v) is 14.6. The minimum atomic E-state index is 0.652. The number of anilines is 3. The van der Waals surface area contributed by atoms with E-state index in [1.807, 2.05) is 18.2 Å². The molecule has 0 aliphatic carbocycles. The van der Waals surface area contributed by atoms with E-state index in [0.29, 0.717) is 5.82 Å². The van der Waals surface area contributed by atoms with Crippen LogP contribution in [0.3, 0.4) is 0 Å².